The van der Waals surface area contributed by atoms with Gasteiger partial charge in [0, 0.05) is 35.8 Å². The normalized spacial score (nSPS) is 16.8. The van der Waals surface area contributed by atoms with Gasteiger partial charge in [-0.1, -0.05) is 24.3 Å². The van der Waals surface area contributed by atoms with Gasteiger partial charge in [0.1, 0.15) is 0 Å². The highest BCUT2D eigenvalue weighted by atomic mass is 19.4. The molecule has 1 aromatic heterocycles. The number of hydrogen-bond donors (Lipinski definition) is 2. The second-order valence-electron chi connectivity index (χ2n) is 12.9. The van der Waals surface area contributed by atoms with Gasteiger partial charge in [-0.05, 0) is 124 Å². The second-order valence-corrected chi connectivity index (χ2v) is 12.9. The molecule has 1 aliphatic carbocycles. The summed E-state index contributed by atoms with van der Waals surface area (Å²) >= 11 is 0. The van der Waals surface area contributed by atoms with E-state index in [4.69, 9.17) is 4.98 Å². The smallest absolute Gasteiger partial charge is 0.346 e. The summed E-state index contributed by atoms with van der Waals surface area (Å²) < 4.78 is 39.8. The minimum absolute atomic E-state index is 0.301. The summed E-state index contributed by atoms with van der Waals surface area (Å²) in [6.07, 6.45) is 3.48. The Kier molecular flexibility index (Phi) is 9.50. The van der Waals surface area contributed by atoms with Crippen LogP contribution in [0.4, 0.5) is 19.1 Å². The predicted octanol–water partition coefficient (Wildman–Crippen LogP) is 7.97. The predicted molar refractivity (Wildman–Crippen MR) is 184 cm³/mol. The van der Waals surface area contributed by atoms with E-state index in [9.17, 15) is 18.0 Å². The van der Waals surface area contributed by atoms with Crippen molar-refractivity contribution in [3.63, 3.8) is 0 Å². The molecule has 250 valence electrons. The van der Waals surface area contributed by atoms with Crippen molar-refractivity contribution < 1.29 is 18.0 Å². The molecular weight excluding hydrogens is 615 g/mol. The lowest BCUT2D eigenvalue weighted by atomic mass is 9.93. The molecule has 4 aromatic rings. The Labute approximate surface area is 278 Å². The maximum absolute atomic E-state index is 13.3. The zero-order valence-corrected chi connectivity index (χ0v) is 27.4. The number of nitrogens with one attached hydrogen (secondary N) is 2. The number of alkyl halides is 3. The molecule has 2 N–H and O–H groups in total. The molecule has 2 heterocycles. The number of carbonyl (C=O) groups excluding carboxylic acids is 1. The molecule has 0 radical (unpaired) electrons. The molecule has 2 fully saturated rings. The van der Waals surface area contributed by atoms with Crippen LogP contribution in [0.1, 0.15) is 78.5 Å². The summed E-state index contributed by atoms with van der Waals surface area (Å²) in [5.41, 5.74) is 4.76. The number of amides is 1. The van der Waals surface area contributed by atoms with Crippen LogP contribution in [0.15, 0.2) is 83.9 Å². The minimum Gasteiger partial charge on any atom is -0.346 e. The van der Waals surface area contributed by atoms with Crippen molar-refractivity contribution in [2.75, 3.05) is 25.5 Å². The van der Waals surface area contributed by atoms with Crippen molar-refractivity contribution >= 4 is 29.5 Å². The van der Waals surface area contributed by atoms with Crippen LogP contribution in [0, 0.1) is 0 Å². The Hall–Kier alpha value is -4.77. The number of fused-ring (bicyclic) bond motifs is 1. The van der Waals surface area contributed by atoms with Gasteiger partial charge in [0.15, 0.2) is 0 Å². The first-order valence-electron chi connectivity index (χ1n) is 16.3. The highest BCUT2D eigenvalue weighted by molar-refractivity contribution is 5.96. The summed E-state index contributed by atoms with van der Waals surface area (Å²) in [5.74, 6) is 0.546. The Morgan fingerprint density at radius 2 is 1.85 bits per heavy atom. The van der Waals surface area contributed by atoms with E-state index in [1.54, 1.807) is 25.3 Å². The van der Waals surface area contributed by atoms with E-state index in [2.05, 4.69) is 39.4 Å². The van der Waals surface area contributed by atoms with Gasteiger partial charge < -0.3 is 15.5 Å². The molecule has 0 unspecified atom stereocenters. The SMILES string of the molecule is C=NN(/C=C(\C)Nc1ncc2cc(-c3cc(C(=O)N[C@H](C)c4cccc(C(F)(F)F)c4)ccc3C3CC3)ccc2n1)C1CCN(C)CC1. The lowest BCUT2D eigenvalue weighted by Crippen LogP contribution is -2.39. The highest BCUT2D eigenvalue weighted by Gasteiger charge is 2.31. The van der Waals surface area contributed by atoms with E-state index in [0.29, 0.717) is 29.0 Å². The van der Waals surface area contributed by atoms with Crippen molar-refractivity contribution in [2.24, 2.45) is 5.10 Å². The van der Waals surface area contributed by atoms with Gasteiger partial charge in [-0.25, -0.2) is 9.97 Å². The summed E-state index contributed by atoms with van der Waals surface area (Å²) in [6.45, 7) is 9.44. The lowest BCUT2D eigenvalue weighted by molar-refractivity contribution is -0.137. The van der Waals surface area contributed by atoms with E-state index in [1.165, 1.54) is 11.6 Å². The summed E-state index contributed by atoms with van der Waals surface area (Å²) in [4.78, 5) is 25.0. The molecule has 1 atom stereocenters. The monoisotopic (exact) mass is 655 g/mol. The second kappa shape index (κ2) is 13.8. The number of halogens is 3. The number of carbonyl (C=O) groups is 1. The summed E-state index contributed by atoms with van der Waals surface area (Å²) in [7, 11) is 2.13. The molecule has 1 aliphatic heterocycles. The van der Waals surface area contributed by atoms with Crippen molar-refractivity contribution in [3.8, 4) is 11.1 Å². The topological polar surface area (TPSA) is 85.7 Å². The standard InChI is InChI=1S/C37H40F3N7O/c1-23(22-47(41-3)31-14-16-46(4)17-15-31)43-36-42-21-29-18-27(11-13-34(29)45-36)33-20-28(10-12-32(33)25-8-9-25)35(48)44-24(2)26-6-5-7-30(19-26)37(38,39)40/h5-7,10-13,18-22,24-25,31H,3,8-9,14-17H2,1-2,4H3,(H,44,48)(H,42,43,45)/b23-22+/t24-/m1/s1. The first-order chi connectivity index (χ1) is 23.0. The molecule has 0 spiro atoms. The van der Waals surface area contributed by atoms with Gasteiger partial charge in [-0.15, -0.1) is 0 Å². The minimum atomic E-state index is -4.45. The molecule has 2 aliphatic rings. The Morgan fingerprint density at radius 1 is 1.08 bits per heavy atom. The van der Waals surface area contributed by atoms with Crippen LogP contribution >= 0.6 is 0 Å². The van der Waals surface area contributed by atoms with Gasteiger partial charge in [0.25, 0.3) is 5.91 Å². The van der Waals surface area contributed by atoms with Crippen LogP contribution in [0.3, 0.4) is 0 Å². The average molecular weight is 656 g/mol. The number of aromatic nitrogens is 2. The molecule has 1 saturated heterocycles. The largest absolute Gasteiger partial charge is 0.416 e. The third kappa shape index (κ3) is 7.68. The van der Waals surface area contributed by atoms with Gasteiger partial charge >= 0.3 is 6.18 Å². The van der Waals surface area contributed by atoms with E-state index >= 15 is 0 Å². The fourth-order valence-electron chi connectivity index (χ4n) is 6.23. The zero-order chi connectivity index (χ0) is 34.0. The van der Waals surface area contributed by atoms with E-state index in [-0.39, 0.29) is 5.91 Å². The van der Waals surface area contributed by atoms with Crippen LogP contribution in [0.5, 0.6) is 0 Å². The van der Waals surface area contributed by atoms with Crippen LogP contribution in [-0.2, 0) is 6.18 Å². The van der Waals surface area contributed by atoms with E-state index in [0.717, 1.165) is 78.6 Å². The molecule has 11 heteroatoms. The van der Waals surface area contributed by atoms with Crippen molar-refractivity contribution in [2.45, 2.75) is 63.7 Å². The van der Waals surface area contributed by atoms with Crippen molar-refractivity contribution in [1.82, 2.24) is 25.2 Å². The Morgan fingerprint density at radius 3 is 2.56 bits per heavy atom. The third-order valence-corrected chi connectivity index (χ3v) is 9.15. The number of allylic oxidation sites excluding steroid dienone is 1. The average Bonchev–Trinajstić information content (AvgIpc) is 3.92. The van der Waals surface area contributed by atoms with Gasteiger partial charge in [0.2, 0.25) is 5.95 Å². The third-order valence-electron chi connectivity index (χ3n) is 9.15. The van der Waals surface area contributed by atoms with Crippen LogP contribution in [0.25, 0.3) is 22.0 Å². The molecule has 8 nitrogen and oxygen atoms in total. The molecule has 3 aromatic carbocycles. The fourth-order valence-corrected chi connectivity index (χ4v) is 6.23. The Balaban J connectivity index is 1.20. The quantitative estimate of drug-likeness (QED) is 0.133. The number of piperidine rings is 1. The van der Waals surface area contributed by atoms with E-state index in [1.807, 2.05) is 48.5 Å². The van der Waals surface area contributed by atoms with Crippen LogP contribution in [0.2, 0.25) is 0 Å². The number of hydrazone groups is 1. The molecule has 0 bridgehead atoms. The van der Waals surface area contributed by atoms with Crippen molar-refractivity contribution in [1.29, 1.82) is 0 Å². The van der Waals surface area contributed by atoms with Gasteiger partial charge in [0.05, 0.1) is 23.2 Å². The number of likely N-dealkylation sites (tertiary alicyclic amines) is 1. The zero-order valence-electron chi connectivity index (χ0n) is 27.4. The molecule has 48 heavy (non-hydrogen) atoms. The van der Waals surface area contributed by atoms with Crippen LogP contribution < -0.4 is 10.6 Å². The number of anilines is 1. The van der Waals surface area contributed by atoms with Crippen molar-refractivity contribution in [3.05, 3.63) is 101 Å². The number of rotatable bonds is 10. The molecular formula is C37H40F3N7O. The number of nitrogens with zero attached hydrogens (tertiary/aromatic N) is 5. The fraction of sp³-hybridized carbons (Fsp3) is 0.351. The highest BCUT2D eigenvalue weighted by Crippen LogP contribution is 2.45. The molecule has 6 rings (SSSR count). The first-order valence-corrected chi connectivity index (χ1v) is 16.3. The van der Waals surface area contributed by atoms with Gasteiger partial charge in [-0.3, -0.25) is 9.80 Å². The maximum Gasteiger partial charge on any atom is 0.416 e. The lowest BCUT2D eigenvalue weighted by Gasteiger charge is -2.33. The summed E-state index contributed by atoms with van der Waals surface area (Å²) in [6, 6.07) is 16.4. The maximum atomic E-state index is 13.3. The number of hydrogen-bond acceptors (Lipinski definition) is 7. The van der Waals surface area contributed by atoms with Crippen LogP contribution in [-0.4, -0.2) is 58.7 Å². The summed E-state index contributed by atoms with van der Waals surface area (Å²) in [5, 5.41) is 13.2. The molecule has 1 saturated carbocycles. The van der Waals surface area contributed by atoms with Gasteiger partial charge in [-0.2, -0.15) is 18.3 Å². The van der Waals surface area contributed by atoms with E-state index < -0.39 is 17.8 Å². The number of benzene rings is 3. The first kappa shape index (κ1) is 33.1. The Bertz CT molecular complexity index is 1840. The molecule has 1 amide bonds.